The number of nitrogens with zero attached hydrogens (tertiary/aromatic N) is 5. The van der Waals surface area contributed by atoms with Crippen LogP contribution in [0.1, 0.15) is 5.56 Å². The van der Waals surface area contributed by atoms with Crippen LogP contribution >= 0.6 is 0 Å². The highest BCUT2D eigenvalue weighted by molar-refractivity contribution is 5.66. The van der Waals surface area contributed by atoms with Crippen LogP contribution in [0.25, 0.3) is 28.4 Å². The van der Waals surface area contributed by atoms with E-state index in [9.17, 15) is 4.39 Å². The molecule has 0 radical (unpaired) electrons. The van der Waals surface area contributed by atoms with E-state index in [1.165, 1.54) is 12.1 Å². The third-order valence-electron chi connectivity index (χ3n) is 4.69. The fourth-order valence-corrected chi connectivity index (χ4v) is 3.16. The van der Waals surface area contributed by atoms with Crippen molar-refractivity contribution in [3.63, 3.8) is 0 Å². The Hall–Kier alpha value is -4.13. The Morgan fingerprint density at radius 2 is 1.67 bits per heavy atom. The van der Waals surface area contributed by atoms with Gasteiger partial charge in [-0.15, -0.1) is 5.10 Å². The molecule has 0 amide bonds. The summed E-state index contributed by atoms with van der Waals surface area (Å²) in [6.45, 7) is 0.510. The molecule has 0 aliphatic rings. The quantitative estimate of drug-likeness (QED) is 0.470. The second kappa shape index (κ2) is 7.71. The molecule has 0 atom stereocenters. The van der Waals surface area contributed by atoms with Crippen molar-refractivity contribution < 1.29 is 4.39 Å². The molecule has 0 saturated carbocycles. The summed E-state index contributed by atoms with van der Waals surface area (Å²) in [5.74, 6) is 1.52. The van der Waals surface area contributed by atoms with E-state index in [0.29, 0.717) is 18.1 Å². The summed E-state index contributed by atoms with van der Waals surface area (Å²) >= 11 is 0. The second-order valence-corrected chi connectivity index (χ2v) is 6.76. The first-order valence-corrected chi connectivity index (χ1v) is 9.48. The van der Waals surface area contributed by atoms with E-state index in [-0.39, 0.29) is 5.82 Å². The highest BCUT2D eigenvalue weighted by atomic mass is 19.1. The van der Waals surface area contributed by atoms with Gasteiger partial charge in [-0.05, 0) is 29.8 Å². The highest BCUT2D eigenvalue weighted by Gasteiger charge is 2.13. The van der Waals surface area contributed by atoms with E-state index in [0.717, 1.165) is 28.2 Å². The Morgan fingerprint density at radius 3 is 2.43 bits per heavy atom. The zero-order chi connectivity index (χ0) is 20.3. The number of fused-ring (bicyclic) bond motifs is 1. The van der Waals surface area contributed by atoms with Gasteiger partial charge < -0.3 is 5.32 Å². The van der Waals surface area contributed by atoms with Crippen molar-refractivity contribution >= 4 is 11.6 Å². The van der Waals surface area contributed by atoms with Crippen LogP contribution in [0.3, 0.4) is 0 Å². The molecule has 0 bridgehead atoms. The van der Waals surface area contributed by atoms with Crippen molar-refractivity contribution in [2.75, 3.05) is 5.32 Å². The summed E-state index contributed by atoms with van der Waals surface area (Å²) in [5.41, 5.74) is 3.54. The molecule has 0 spiro atoms. The molecule has 2 aromatic carbocycles. The van der Waals surface area contributed by atoms with E-state index < -0.39 is 0 Å². The lowest BCUT2D eigenvalue weighted by Crippen LogP contribution is -2.07. The number of nitrogens with one attached hydrogen (secondary N) is 1. The van der Waals surface area contributed by atoms with E-state index in [1.807, 2.05) is 48.5 Å². The number of benzene rings is 2. The summed E-state index contributed by atoms with van der Waals surface area (Å²) in [6.07, 6.45) is 3.43. The van der Waals surface area contributed by atoms with Crippen LogP contribution in [0.5, 0.6) is 0 Å². The third kappa shape index (κ3) is 3.60. The van der Waals surface area contributed by atoms with Crippen molar-refractivity contribution in [1.82, 2.24) is 24.6 Å². The maximum atomic E-state index is 13.2. The minimum atomic E-state index is -0.256. The van der Waals surface area contributed by atoms with Crippen LogP contribution in [0, 0.1) is 5.82 Å². The van der Waals surface area contributed by atoms with Crippen LogP contribution in [0.2, 0.25) is 0 Å². The Morgan fingerprint density at radius 1 is 0.867 bits per heavy atom. The lowest BCUT2D eigenvalue weighted by Gasteiger charge is -2.10. The van der Waals surface area contributed by atoms with Gasteiger partial charge in [0.25, 0.3) is 5.78 Å². The number of rotatable bonds is 5. The van der Waals surface area contributed by atoms with E-state index in [4.69, 9.17) is 4.98 Å². The van der Waals surface area contributed by atoms with Crippen molar-refractivity contribution in [2.24, 2.45) is 0 Å². The molecule has 3 heterocycles. The third-order valence-corrected chi connectivity index (χ3v) is 4.69. The molecular formula is C23H17FN6. The molecule has 5 rings (SSSR count). The average Bonchev–Trinajstić information content (AvgIpc) is 3.24. The summed E-state index contributed by atoms with van der Waals surface area (Å²) < 4.78 is 14.9. The molecule has 7 heteroatoms. The summed E-state index contributed by atoms with van der Waals surface area (Å²) in [4.78, 5) is 13.5. The van der Waals surface area contributed by atoms with Gasteiger partial charge in [0.1, 0.15) is 11.6 Å². The lowest BCUT2D eigenvalue weighted by molar-refractivity contribution is 0.627. The molecule has 0 aliphatic carbocycles. The second-order valence-electron chi connectivity index (χ2n) is 6.76. The van der Waals surface area contributed by atoms with Gasteiger partial charge in [0.05, 0.1) is 5.69 Å². The molecule has 1 N–H and O–H groups in total. The number of hydrogen-bond acceptors (Lipinski definition) is 5. The first kappa shape index (κ1) is 17.9. The van der Waals surface area contributed by atoms with Gasteiger partial charge in [-0.3, -0.25) is 4.98 Å². The normalized spacial score (nSPS) is 11.0. The number of halogens is 1. The Bertz CT molecular complexity index is 1280. The largest absolute Gasteiger partial charge is 0.366 e. The molecule has 0 unspecified atom stereocenters. The van der Waals surface area contributed by atoms with Gasteiger partial charge in [-0.2, -0.15) is 9.50 Å². The number of hydrogen-bond donors (Lipinski definition) is 1. The van der Waals surface area contributed by atoms with Crippen LogP contribution in [-0.2, 0) is 6.54 Å². The fraction of sp³-hybridized carbons (Fsp3) is 0.0435. The van der Waals surface area contributed by atoms with Crippen LogP contribution in [0.4, 0.5) is 10.2 Å². The zero-order valence-electron chi connectivity index (χ0n) is 15.9. The molecule has 3 aromatic heterocycles. The summed E-state index contributed by atoms with van der Waals surface area (Å²) in [5, 5.41) is 8.01. The van der Waals surface area contributed by atoms with Gasteiger partial charge in [0, 0.05) is 36.1 Å². The number of anilines is 1. The molecule has 0 aliphatic heterocycles. The molecule has 146 valence electrons. The minimum absolute atomic E-state index is 0.256. The maximum Gasteiger partial charge on any atom is 0.255 e. The lowest BCUT2D eigenvalue weighted by atomic mass is 10.1. The molecular weight excluding hydrogens is 379 g/mol. The SMILES string of the molecule is Fc1ccc(CNc2cc(-c3ccccc3)nc3nc(-c4cccnc4)nn23)cc1. The molecule has 6 nitrogen and oxygen atoms in total. The van der Waals surface area contributed by atoms with Crippen LogP contribution < -0.4 is 5.32 Å². The molecule has 0 saturated heterocycles. The fourth-order valence-electron chi connectivity index (χ4n) is 3.16. The Labute approximate surface area is 172 Å². The molecule has 0 fully saturated rings. The van der Waals surface area contributed by atoms with Crippen molar-refractivity contribution in [1.29, 1.82) is 0 Å². The standard InChI is InChI=1S/C23H17FN6/c24-19-10-8-16(9-11-19)14-26-21-13-20(17-5-2-1-3-6-17)27-23-28-22(29-30(21)23)18-7-4-12-25-15-18/h1-13,15,26H,14H2. The Balaban J connectivity index is 1.58. The maximum absolute atomic E-state index is 13.2. The van der Waals surface area contributed by atoms with Crippen LogP contribution in [-0.4, -0.2) is 24.6 Å². The molecule has 5 aromatic rings. The van der Waals surface area contributed by atoms with Gasteiger partial charge in [-0.25, -0.2) is 9.37 Å². The highest BCUT2D eigenvalue weighted by Crippen LogP contribution is 2.24. The van der Waals surface area contributed by atoms with E-state index in [2.05, 4.69) is 20.4 Å². The first-order chi connectivity index (χ1) is 14.8. The zero-order valence-corrected chi connectivity index (χ0v) is 15.9. The summed E-state index contributed by atoms with van der Waals surface area (Å²) in [6, 6.07) is 22.0. The summed E-state index contributed by atoms with van der Waals surface area (Å²) in [7, 11) is 0. The van der Waals surface area contributed by atoms with Crippen molar-refractivity contribution in [3.05, 3.63) is 96.6 Å². The van der Waals surface area contributed by atoms with Gasteiger partial charge >= 0.3 is 0 Å². The smallest absolute Gasteiger partial charge is 0.255 e. The van der Waals surface area contributed by atoms with Gasteiger partial charge in [0.2, 0.25) is 0 Å². The minimum Gasteiger partial charge on any atom is -0.366 e. The number of pyridine rings is 1. The Kier molecular flexibility index (Phi) is 4.61. The van der Waals surface area contributed by atoms with E-state index in [1.54, 1.807) is 29.0 Å². The van der Waals surface area contributed by atoms with Crippen LogP contribution in [0.15, 0.2) is 85.2 Å². The molecule has 30 heavy (non-hydrogen) atoms. The average molecular weight is 396 g/mol. The van der Waals surface area contributed by atoms with E-state index >= 15 is 0 Å². The number of aromatic nitrogens is 5. The van der Waals surface area contributed by atoms with Gasteiger partial charge in [0.15, 0.2) is 5.82 Å². The van der Waals surface area contributed by atoms with Gasteiger partial charge in [-0.1, -0.05) is 42.5 Å². The monoisotopic (exact) mass is 396 g/mol. The predicted molar refractivity (Wildman–Crippen MR) is 113 cm³/mol. The predicted octanol–water partition coefficient (Wildman–Crippen LogP) is 4.60. The van der Waals surface area contributed by atoms with Crippen molar-refractivity contribution in [3.8, 4) is 22.6 Å². The first-order valence-electron chi connectivity index (χ1n) is 9.48. The van der Waals surface area contributed by atoms with Crippen molar-refractivity contribution in [2.45, 2.75) is 6.54 Å². The topological polar surface area (TPSA) is 68.0 Å².